The van der Waals surface area contributed by atoms with E-state index in [1.807, 2.05) is 11.0 Å². The summed E-state index contributed by atoms with van der Waals surface area (Å²) in [5.41, 5.74) is 2.80. The predicted octanol–water partition coefficient (Wildman–Crippen LogP) is 2.75. The summed E-state index contributed by atoms with van der Waals surface area (Å²) >= 11 is 0. The van der Waals surface area contributed by atoms with Gasteiger partial charge in [-0.3, -0.25) is 0 Å². The molecule has 1 heterocycles. The number of hydrogen-bond acceptors (Lipinski definition) is 2. The average molecular weight is 288 g/mol. The van der Waals surface area contributed by atoms with E-state index in [0.29, 0.717) is 13.2 Å². The van der Waals surface area contributed by atoms with Gasteiger partial charge in [0.1, 0.15) is 12.4 Å². The van der Waals surface area contributed by atoms with Crippen molar-refractivity contribution in [1.29, 1.82) is 0 Å². The van der Waals surface area contributed by atoms with E-state index in [-0.39, 0.29) is 6.03 Å². The van der Waals surface area contributed by atoms with Crippen molar-refractivity contribution in [2.24, 2.45) is 0 Å². The Morgan fingerprint density at radius 3 is 2.81 bits per heavy atom. The van der Waals surface area contributed by atoms with Crippen LogP contribution in [0.2, 0.25) is 0 Å². The first-order chi connectivity index (χ1) is 10.3. The van der Waals surface area contributed by atoms with Crippen molar-refractivity contribution in [3.63, 3.8) is 0 Å². The van der Waals surface area contributed by atoms with Crippen LogP contribution < -0.4 is 10.1 Å². The number of carbonyl (C=O) groups is 1. The normalized spacial score (nSPS) is 17.4. The molecule has 1 aromatic rings. The van der Waals surface area contributed by atoms with E-state index in [9.17, 15) is 4.79 Å². The number of nitrogens with zero attached hydrogens (tertiary/aromatic N) is 1. The number of ether oxygens (including phenoxy) is 1. The molecular formula is C17H24N2O2. The number of rotatable bonds is 4. The monoisotopic (exact) mass is 288 g/mol. The molecule has 4 nitrogen and oxygen atoms in total. The third kappa shape index (κ3) is 3.49. The quantitative estimate of drug-likeness (QED) is 0.866. The second-order valence-electron chi connectivity index (χ2n) is 5.88. The molecule has 0 aromatic heterocycles. The number of amides is 2. The van der Waals surface area contributed by atoms with Gasteiger partial charge in [-0.25, -0.2) is 4.79 Å². The zero-order valence-electron chi connectivity index (χ0n) is 12.6. The molecule has 0 atom stereocenters. The van der Waals surface area contributed by atoms with Gasteiger partial charge in [-0.05, 0) is 55.7 Å². The summed E-state index contributed by atoms with van der Waals surface area (Å²) in [5, 5.41) is 2.94. The van der Waals surface area contributed by atoms with Gasteiger partial charge in [0, 0.05) is 13.1 Å². The molecule has 1 saturated heterocycles. The lowest BCUT2D eigenvalue weighted by atomic mass is 9.91. The molecule has 2 amide bonds. The first kappa shape index (κ1) is 14.2. The average Bonchev–Trinajstić information content (AvgIpc) is 3.06. The van der Waals surface area contributed by atoms with Crippen LogP contribution in [-0.2, 0) is 12.8 Å². The van der Waals surface area contributed by atoms with Gasteiger partial charge in [-0.2, -0.15) is 0 Å². The lowest BCUT2D eigenvalue weighted by Crippen LogP contribution is -2.39. The Morgan fingerprint density at radius 1 is 1.14 bits per heavy atom. The summed E-state index contributed by atoms with van der Waals surface area (Å²) in [6, 6.07) is 6.37. The standard InChI is InChI=1S/C17H24N2O2/c20-17(19-11-3-4-12-19)18-10-13-21-16-9-5-7-14-6-1-2-8-15(14)16/h5,7,9H,1-4,6,8,10-13H2,(H,18,20). The van der Waals surface area contributed by atoms with Crippen LogP contribution in [0.3, 0.4) is 0 Å². The zero-order valence-corrected chi connectivity index (χ0v) is 12.6. The van der Waals surface area contributed by atoms with Crippen LogP contribution in [0.25, 0.3) is 0 Å². The molecule has 0 spiro atoms. The summed E-state index contributed by atoms with van der Waals surface area (Å²) in [6.45, 7) is 2.88. The van der Waals surface area contributed by atoms with E-state index in [4.69, 9.17) is 4.74 Å². The number of urea groups is 1. The third-order valence-electron chi connectivity index (χ3n) is 4.38. The van der Waals surface area contributed by atoms with E-state index >= 15 is 0 Å². The molecule has 114 valence electrons. The maximum atomic E-state index is 11.8. The van der Waals surface area contributed by atoms with Gasteiger partial charge in [0.2, 0.25) is 0 Å². The van der Waals surface area contributed by atoms with Crippen LogP contribution in [0.15, 0.2) is 18.2 Å². The Labute approximate surface area is 126 Å². The highest BCUT2D eigenvalue weighted by Gasteiger charge is 2.17. The van der Waals surface area contributed by atoms with E-state index in [1.165, 1.54) is 24.0 Å². The minimum Gasteiger partial charge on any atom is -0.491 e. The molecular weight excluding hydrogens is 264 g/mol. The van der Waals surface area contributed by atoms with E-state index < -0.39 is 0 Å². The largest absolute Gasteiger partial charge is 0.491 e. The van der Waals surface area contributed by atoms with Crippen molar-refractivity contribution in [3.8, 4) is 5.75 Å². The number of nitrogens with one attached hydrogen (secondary N) is 1. The van der Waals surface area contributed by atoms with Crippen molar-refractivity contribution in [2.45, 2.75) is 38.5 Å². The third-order valence-corrected chi connectivity index (χ3v) is 4.38. The second-order valence-corrected chi connectivity index (χ2v) is 5.88. The minimum atomic E-state index is 0.0474. The molecule has 4 heteroatoms. The Hall–Kier alpha value is -1.71. The smallest absolute Gasteiger partial charge is 0.317 e. The second kappa shape index (κ2) is 6.83. The molecule has 1 aliphatic heterocycles. The molecule has 3 rings (SSSR count). The number of hydrogen-bond donors (Lipinski definition) is 1. The van der Waals surface area contributed by atoms with Gasteiger partial charge < -0.3 is 15.0 Å². The molecule has 1 aliphatic carbocycles. The Bertz CT molecular complexity index is 496. The lowest BCUT2D eigenvalue weighted by molar-refractivity contribution is 0.205. The van der Waals surface area contributed by atoms with Crippen molar-refractivity contribution in [3.05, 3.63) is 29.3 Å². The van der Waals surface area contributed by atoms with Gasteiger partial charge in [-0.1, -0.05) is 12.1 Å². The van der Waals surface area contributed by atoms with Crippen molar-refractivity contribution in [1.82, 2.24) is 10.2 Å². The highest BCUT2D eigenvalue weighted by molar-refractivity contribution is 5.74. The first-order valence-electron chi connectivity index (χ1n) is 8.11. The fourth-order valence-electron chi connectivity index (χ4n) is 3.23. The highest BCUT2D eigenvalue weighted by Crippen LogP contribution is 2.29. The molecule has 0 radical (unpaired) electrons. The molecule has 0 saturated carbocycles. The van der Waals surface area contributed by atoms with Gasteiger partial charge >= 0.3 is 6.03 Å². The van der Waals surface area contributed by atoms with Crippen molar-refractivity contribution in [2.75, 3.05) is 26.2 Å². The van der Waals surface area contributed by atoms with Crippen LogP contribution >= 0.6 is 0 Å². The van der Waals surface area contributed by atoms with Crippen molar-refractivity contribution < 1.29 is 9.53 Å². The number of fused-ring (bicyclic) bond motifs is 1. The van der Waals surface area contributed by atoms with Crippen LogP contribution in [-0.4, -0.2) is 37.2 Å². The fraction of sp³-hybridized carbons (Fsp3) is 0.588. The summed E-state index contributed by atoms with van der Waals surface area (Å²) in [4.78, 5) is 13.7. The summed E-state index contributed by atoms with van der Waals surface area (Å²) < 4.78 is 5.88. The molecule has 1 fully saturated rings. The van der Waals surface area contributed by atoms with E-state index in [0.717, 1.165) is 44.5 Å². The van der Waals surface area contributed by atoms with Gasteiger partial charge in [0.25, 0.3) is 0 Å². The fourth-order valence-corrected chi connectivity index (χ4v) is 3.23. The van der Waals surface area contributed by atoms with Gasteiger partial charge in [0.05, 0.1) is 6.54 Å². The van der Waals surface area contributed by atoms with Crippen LogP contribution in [0.4, 0.5) is 4.79 Å². The topological polar surface area (TPSA) is 41.6 Å². The zero-order chi connectivity index (χ0) is 14.5. The summed E-state index contributed by atoms with van der Waals surface area (Å²) in [6.07, 6.45) is 7.06. The van der Waals surface area contributed by atoms with Crippen molar-refractivity contribution >= 4 is 6.03 Å². The lowest BCUT2D eigenvalue weighted by Gasteiger charge is -2.20. The Morgan fingerprint density at radius 2 is 1.95 bits per heavy atom. The van der Waals surface area contributed by atoms with Gasteiger partial charge in [0.15, 0.2) is 0 Å². The molecule has 0 unspecified atom stereocenters. The number of aryl methyl sites for hydroxylation is 1. The number of carbonyl (C=O) groups excluding carboxylic acids is 1. The molecule has 0 bridgehead atoms. The van der Waals surface area contributed by atoms with Crippen LogP contribution in [0.5, 0.6) is 5.75 Å². The summed E-state index contributed by atoms with van der Waals surface area (Å²) in [5.74, 6) is 1.00. The molecule has 21 heavy (non-hydrogen) atoms. The van der Waals surface area contributed by atoms with Crippen LogP contribution in [0, 0.1) is 0 Å². The first-order valence-corrected chi connectivity index (χ1v) is 8.11. The highest BCUT2D eigenvalue weighted by atomic mass is 16.5. The minimum absolute atomic E-state index is 0.0474. The molecule has 1 N–H and O–H groups in total. The maximum absolute atomic E-state index is 11.8. The maximum Gasteiger partial charge on any atom is 0.317 e. The van der Waals surface area contributed by atoms with E-state index in [1.54, 1.807) is 0 Å². The Kier molecular flexibility index (Phi) is 4.63. The predicted molar refractivity (Wildman–Crippen MR) is 82.8 cm³/mol. The SMILES string of the molecule is O=C(NCCOc1cccc2c1CCCC2)N1CCCC1. The Balaban J connectivity index is 1.46. The molecule has 1 aromatic carbocycles. The number of likely N-dealkylation sites (tertiary alicyclic amines) is 1. The number of benzene rings is 1. The summed E-state index contributed by atoms with van der Waals surface area (Å²) in [7, 11) is 0. The van der Waals surface area contributed by atoms with E-state index in [2.05, 4.69) is 17.4 Å². The van der Waals surface area contributed by atoms with Crippen LogP contribution in [0.1, 0.15) is 36.8 Å². The van der Waals surface area contributed by atoms with Gasteiger partial charge in [-0.15, -0.1) is 0 Å². The molecule has 2 aliphatic rings.